The Morgan fingerprint density at radius 2 is 1.52 bits per heavy atom. The molecular formula is C29H32N6O4S. The molecule has 3 aromatic rings. The average molecular weight is 561 g/mol. The second-order valence-corrected chi connectivity index (χ2v) is 11.8. The maximum absolute atomic E-state index is 13.7. The number of hydrazone groups is 1. The molecule has 0 atom stereocenters. The lowest BCUT2D eigenvalue weighted by molar-refractivity contribution is 0.0970. The Kier molecular flexibility index (Phi) is 9.05. The molecule has 1 saturated carbocycles. The van der Waals surface area contributed by atoms with Crippen molar-refractivity contribution < 1.29 is 18.0 Å². The van der Waals surface area contributed by atoms with Crippen molar-refractivity contribution in [3.63, 3.8) is 0 Å². The molecule has 0 spiro atoms. The van der Waals surface area contributed by atoms with Crippen LogP contribution < -0.4 is 16.1 Å². The minimum Gasteiger partial charge on any atom is -0.320 e. The van der Waals surface area contributed by atoms with E-state index in [1.54, 1.807) is 29.2 Å². The number of amides is 2. The Bertz CT molecular complexity index is 1500. The van der Waals surface area contributed by atoms with Crippen molar-refractivity contribution >= 4 is 33.3 Å². The predicted octanol–water partition coefficient (Wildman–Crippen LogP) is 4.98. The lowest BCUT2D eigenvalue weighted by atomic mass is 9.84. The number of carbonyl (C=O) groups is 2. The van der Waals surface area contributed by atoms with E-state index >= 15 is 0 Å². The highest BCUT2D eigenvalue weighted by Gasteiger charge is 2.21. The van der Waals surface area contributed by atoms with Gasteiger partial charge in [-0.3, -0.25) is 14.9 Å². The van der Waals surface area contributed by atoms with E-state index in [1.807, 2.05) is 12.1 Å². The fraction of sp³-hybridized carbons (Fsp3) is 0.276. The standard InChI is InChI=1S/C29H32N6O4S/c1-40(38,39)26-17-13-24(14-18-26)28(37)35(25-15-11-22(12-16-25)21-5-3-2-4-6-21)19-20-7-9-23(10-8-20)27(36)32-29(33-30)34-31/h7-18,21,30H,2-6,19,31H2,1H3,(H,32,34,36). The van der Waals surface area contributed by atoms with Gasteiger partial charge in [0.2, 0.25) is 0 Å². The highest BCUT2D eigenvalue weighted by Crippen LogP contribution is 2.34. The van der Waals surface area contributed by atoms with E-state index in [2.05, 4.69) is 27.7 Å². The van der Waals surface area contributed by atoms with Gasteiger partial charge in [0.15, 0.2) is 9.84 Å². The molecule has 0 unspecified atom stereocenters. The Labute approximate surface area is 233 Å². The van der Waals surface area contributed by atoms with E-state index < -0.39 is 15.7 Å². The van der Waals surface area contributed by atoms with Crippen molar-refractivity contribution in [2.75, 3.05) is 11.2 Å². The van der Waals surface area contributed by atoms with E-state index in [0.29, 0.717) is 22.7 Å². The summed E-state index contributed by atoms with van der Waals surface area (Å²) in [5.74, 6) is 4.50. The van der Waals surface area contributed by atoms with Crippen LogP contribution in [-0.4, -0.2) is 32.4 Å². The first kappa shape index (κ1) is 28.6. The number of hydrogen-bond donors (Lipinski definition) is 3. The summed E-state index contributed by atoms with van der Waals surface area (Å²) in [5, 5.41) is 8.58. The first-order valence-corrected chi connectivity index (χ1v) is 14.9. The maximum atomic E-state index is 13.7. The van der Waals surface area contributed by atoms with Crippen LogP contribution in [0.4, 0.5) is 5.69 Å². The number of nitrogens with one attached hydrogen (secondary N) is 2. The van der Waals surface area contributed by atoms with E-state index in [-0.39, 0.29) is 23.3 Å². The topological polar surface area (TPSA) is 158 Å². The summed E-state index contributed by atoms with van der Waals surface area (Å²) >= 11 is 0. The number of benzene rings is 3. The molecule has 1 aliphatic carbocycles. The molecule has 0 aliphatic heterocycles. The molecule has 11 heteroatoms. The molecule has 1 fully saturated rings. The molecular weight excluding hydrogens is 528 g/mol. The first-order chi connectivity index (χ1) is 19.2. The largest absolute Gasteiger partial charge is 0.320 e. The SMILES string of the molecule is CS(=O)(=O)c1ccc(C(=O)N(Cc2ccc(C(=O)N/C(N=N)=N/N)cc2)c2ccc(C3CCCCC3)cc2)cc1. The Balaban J connectivity index is 1.60. The van der Waals surface area contributed by atoms with Gasteiger partial charge >= 0.3 is 0 Å². The Hall–Kier alpha value is -4.38. The quantitative estimate of drug-likeness (QED) is 0.122. The van der Waals surface area contributed by atoms with Crippen LogP contribution in [0.1, 0.15) is 69.9 Å². The van der Waals surface area contributed by atoms with Gasteiger partial charge in [0.25, 0.3) is 17.8 Å². The molecule has 40 heavy (non-hydrogen) atoms. The van der Waals surface area contributed by atoms with Gasteiger partial charge in [-0.1, -0.05) is 43.5 Å². The molecule has 4 N–H and O–H groups in total. The second kappa shape index (κ2) is 12.6. The minimum absolute atomic E-state index is 0.141. The third-order valence-electron chi connectivity index (χ3n) is 7.07. The average Bonchev–Trinajstić information content (AvgIpc) is 2.98. The lowest BCUT2D eigenvalue weighted by Crippen LogP contribution is -2.31. The first-order valence-electron chi connectivity index (χ1n) is 13.0. The van der Waals surface area contributed by atoms with E-state index in [4.69, 9.17) is 11.4 Å². The third-order valence-corrected chi connectivity index (χ3v) is 8.19. The van der Waals surface area contributed by atoms with Gasteiger partial charge in [-0.15, -0.1) is 10.2 Å². The van der Waals surface area contributed by atoms with Gasteiger partial charge in [-0.05, 0) is 78.4 Å². The Morgan fingerprint density at radius 3 is 2.08 bits per heavy atom. The fourth-order valence-electron chi connectivity index (χ4n) is 4.85. The zero-order chi connectivity index (χ0) is 28.7. The van der Waals surface area contributed by atoms with E-state index in [9.17, 15) is 18.0 Å². The summed E-state index contributed by atoms with van der Waals surface area (Å²) in [4.78, 5) is 27.9. The molecule has 0 saturated heterocycles. The van der Waals surface area contributed by atoms with Crippen molar-refractivity contribution in [2.24, 2.45) is 16.1 Å². The van der Waals surface area contributed by atoms with E-state index in [1.165, 1.54) is 61.9 Å². The van der Waals surface area contributed by atoms with Crippen LogP contribution >= 0.6 is 0 Å². The molecule has 1 aliphatic rings. The number of rotatable bonds is 7. The van der Waals surface area contributed by atoms with Gasteiger partial charge in [-0.2, -0.15) is 0 Å². The van der Waals surface area contributed by atoms with Gasteiger partial charge in [0.1, 0.15) is 0 Å². The van der Waals surface area contributed by atoms with Crippen LogP contribution in [0.25, 0.3) is 0 Å². The lowest BCUT2D eigenvalue weighted by Gasteiger charge is -2.25. The molecule has 2 amide bonds. The van der Waals surface area contributed by atoms with Crippen molar-refractivity contribution in [1.29, 1.82) is 5.53 Å². The molecule has 208 valence electrons. The van der Waals surface area contributed by atoms with Crippen molar-refractivity contribution in [3.8, 4) is 0 Å². The highest BCUT2D eigenvalue weighted by molar-refractivity contribution is 7.90. The number of guanidine groups is 1. The summed E-state index contributed by atoms with van der Waals surface area (Å²) in [6.45, 7) is 0.217. The third kappa shape index (κ3) is 6.97. The van der Waals surface area contributed by atoms with Gasteiger partial charge < -0.3 is 10.7 Å². The van der Waals surface area contributed by atoms with Crippen LogP contribution in [0, 0.1) is 5.53 Å². The zero-order valence-corrected chi connectivity index (χ0v) is 23.0. The monoisotopic (exact) mass is 560 g/mol. The summed E-state index contributed by atoms with van der Waals surface area (Å²) < 4.78 is 23.8. The zero-order valence-electron chi connectivity index (χ0n) is 22.2. The van der Waals surface area contributed by atoms with Crippen LogP contribution in [-0.2, 0) is 16.4 Å². The van der Waals surface area contributed by atoms with Crippen LogP contribution in [0.3, 0.4) is 0 Å². The van der Waals surface area contributed by atoms with Gasteiger partial charge in [-0.25, -0.2) is 13.9 Å². The summed E-state index contributed by atoms with van der Waals surface area (Å²) in [5.41, 5.74) is 10.4. The van der Waals surface area contributed by atoms with E-state index in [0.717, 1.165) is 11.8 Å². The molecule has 4 rings (SSSR count). The number of anilines is 1. The highest BCUT2D eigenvalue weighted by atomic mass is 32.2. The van der Waals surface area contributed by atoms with Crippen LogP contribution in [0.15, 0.2) is 87.9 Å². The van der Waals surface area contributed by atoms with Crippen molar-refractivity contribution in [2.45, 2.75) is 49.5 Å². The summed E-state index contributed by atoms with van der Waals surface area (Å²) in [6, 6.07) is 20.6. The van der Waals surface area contributed by atoms with Crippen LogP contribution in [0.5, 0.6) is 0 Å². The molecule has 0 heterocycles. The minimum atomic E-state index is -3.39. The summed E-state index contributed by atoms with van der Waals surface area (Å²) in [6.07, 6.45) is 7.20. The normalized spacial score (nSPS) is 14.4. The maximum Gasteiger partial charge on any atom is 0.265 e. The van der Waals surface area contributed by atoms with Gasteiger partial charge in [0.05, 0.1) is 11.4 Å². The molecule has 3 aromatic carbocycles. The number of nitrogens with zero attached hydrogens (tertiary/aromatic N) is 3. The van der Waals surface area contributed by atoms with Crippen molar-refractivity contribution in [3.05, 3.63) is 95.1 Å². The second-order valence-electron chi connectivity index (χ2n) is 9.83. The molecule has 10 nitrogen and oxygen atoms in total. The molecule has 0 aromatic heterocycles. The Morgan fingerprint density at radius 1 is 0.925 bits per heavy atom. The summed E-state index contributed by atoms with van der Waals surface area (Å²) in [7, 11) is -3.39. The molecule has 0 bridgehead atoms. The predicted molar refractivity (Wildman–Crippen MR) is 153 cm³/mol. The van der Waals surface area contributed by atoms with Crippen LogP contribution in [0.2, 0.25) is 0 Å². The fourth-order valence-corrected chi connectivity index (χ4v) is 5.48. The van der Waals surface area contributed by atoms with Gasteiger partial charge in [0, 0.05) is 23.1 Å². The number of hydrogen-bond acceptors (Lipinski definition) is 7. The smallest absolute Gasteiger partial charge is 0.265 e. The molecule has 0 radical (unpaired) electrons. The number of sulfone groups is 1. The number of nitrogens with two attached hydrogens (primary N) is 1. The van der Waals surface area contributed by atoms with Crippen molar-refractivity contribution in [1.82, 2.24) is 5.32 Å². The number of carbonyl (C=O) groups excluding carboxylic acids is 2.